The second kappa shape index (κ2) is 14.2. The van der Waals surface area contributed by atoms with E-state index in [2.05, 4.69) is 220 Å². The summed E-state index contributed by atoms with van der Waals surface area (Å²) >= 11 is 0. The molecule has 2 aliphatic carbocycles. The number of benzene rings is 9. The van der Waals surface area contributed by atoms with Crippen LogP contribution in [0.3, 0.4) is 0 Å². The Kier molecular flexibility index (Phi) is 8.17. The average Bonchev–Trinajstić information content (AvgIpc) is 3.98. The van der Waals surface area contributed by atoms with Crippen molar-refractivity contribution in [2.75, 3.05) is 0 Å². The number of rotatable bonds is 6. The van der Waals surface area contributed by atoms with Crippen LogP contribution in [0.4, 0.5) is 0 Å². The smallest absolute Gasteiger partial charge is 0.161 e. The van der Waals surface area contributed by atoms with E-state index in [9.17, 15) is 0 Å². The molecule has 0 saturated carbocycles. The minimum Gasteiger partial charge on any atom is -0.456 e. The molecule has 9 aromatic carbocycles. The van der Waals surface area contributed by atoms with E-state index in [-0.39, 0.29) is 5.41 Å². The van der Waals surface area contributed by atoms with Crippen LogP contribution in [0.2, 0.25) is 0 Å². The van der Waals surface area contributed by atoms with Gasteiger partial charge < -0.3 is 4.42 Å². The van der Waals surface area contributed by atoms with Gasteiger partial charge in [0, 0.05) is 32.9 Å². The summed E-state index contributed by atoms with van der Waals surface area (Å²) < 4.78 is 6.28. The largest absolute Gasteiger partial charge is 0.456 e. The summed E-state index contributed by atoms with van der Waals surface area (Å²) in [4.78, 5) is 11.1. The maximum absolute atomic E-state index is 6.28. The summed E-state index contributed by atoms with van der Waals surface area (Å²) in [7, 11) is 0. The van der Waals surface area contributed by atoms with Crippen LogP contribution in [0.1, 0.15) is 47.2 Å². The summed E-state index contributed by atoms with van der Waals surface area (Å²) in [6, 6.07) is 79.0. The van der Waals surface area contributed by atoms with Gasteiger partial charge >= 0.3 is 0 Å². The molecular weight excluding hydrogens is 789 g/mol. The lowest BCUT2D eigenvalue weighted by atomic mass is 9.67. The third kappa shape index (κ3) is 5.49. The van der Waals surface area contributed by atoms with Crippen molar-refractivity contribution >= 4 is 21.9 Å². The molecule has 0 amide bonds. The maximum Gasteiger partial charge on any atom is 0.161 e. The molecule has 0 saturated heterocycles. The van der Waals surface area contributed by atoms with Gasteiger partial charge in [0.05, 0.1) is 16.8 Å². The maximum atomic E-state index is 6.28. The molecule has 3 nitrogen and oxygen atoms in total. The Morgan fingerprint density at radius 3 is 1.68 bits per heavy atom. The Labute approximate surface area is 378 Å². The van der Waals surface area contributed by atoms with Crippen LogP contribution in [-0.4, -0.2) is 9.97 Å². The Balaban J connectivity index is 1.03. The standard InChI is InChI=1S/C62H42N2O/c1-61(2)50-26-12-10-22-47(50)58-49(25-15-28-52(58)61)60-63-54(40-33-31-39(32-34-40)44-24-16-30-57-59(44)48-23-11-14-29-56(48)65-57)38-55(64-60)41-35-36-46-45-21-9-13-27-51(45)62(53(46)37-41,42-17-5-3-6-18-42)43-19-7-4-8-20-43/h3-38H,1-2H3. The number of hydrogen-bond donors (Lipinski definition) is 0. The number of fused-ring (bicyclic) bond motifs is 9. The van der Waals surface area contributed by atoms with Gasteiger partial charge in [0.2, 0.25) is 0 Å². The van der Waals surface area contributed by atoms with Crippen molar-refractivity contribution in [1.29, 1.82) is 0 Å². The van der Waals surface area contributed by atoms with E-state index in [0.29, 0.717) is 5.82 Å². The average molecular weight is 831 g/mol. The first-order chi connectivity index (χ1) is 32.0. The Hall–Kier alpha value is -8.14. The first-order valence-electron chi connectivity index (χ1n) is 22.5. The van der Waals surface area contributed by atoms with Gasteiger partial charge in [-0.2, -0.15) is 0 Å². The van der Waals surface area contributed by atoms with Gasteiger partial charge in [-0.05, 0) is 91.0 Å². The van der Waals surface area contributed by atoms with Crippen molar-refractivity contribution in [3.8, 4) is 67.3 Å². The Bertz CT molecular complexity index is 3640. The van der Waals surface area contributed by atoms with E-state index in [1.807, 2.05) is 12.1 Å². The van der Waals surface area contributed by atoms with E-state index >= 15 is 0 Å². The predicted molar refractivity (Wildman–Crippen MR) is 266 cm³/mol. The minimum absolute atomic E-state index is 0.158. The summed E-state index contributed by atoms with van der Waals surface area (Å²) in [5.74, 6) is 0.710. The fourth-order valence-electron chi connectivity index (χ4n) is 11.2. The minimum atomic E-state index is -0.530. The highest BCUT2D eigenvalue weighted by Gasteiger charge is 2.46. The summed E-state index contributed by atoms with van der Waals surface area (Å²) in [6.07, 6.45) is 0. The highest BCUT2D eigenvalue weighted by molar-refractivity contribution is 6.12. The number of aromatic nitrogens is 2. The fraction of sp³-hybridized carbons (Fsp3) is 0.0645. The van der Waals surface area contributed by atoms with E-state index in [1.54, 1.807) is 0 Å². The molecule has 0 fully saturated rings. The molecule has 0 N–H and O–H groups in total. The third-order valence-electron chi connectivity index (χ3n) is 14.2. The van der Waals surface area contributed by atoms with Crippen molar-refractivity contribution in [1.82, 2.24) is 9.97 Å². The molecular formula is C62H42N2O. The molecule has 13 rings (SSSR count). The predicted octanol–water partition coefficient (Wildman–Crippen LogP) is 15.7. The van der Waals surface area contributed by atoms with Crippen LogP contribution in [-0.2, 0) is 10.8 Å². The van der Waals surface area contributed by atoms with Crippen LogP contribution < -0.4 is 0 Å². The molecule has 306 valence electrons. The van der Waals surface area contributed by atoms with Gasteiger partial charge in [-0.25, -0.2) is 9.97 Å². The quantitative estimate of drug-likeness (QED) is 0.168. The van der Waals surface area contributed by atoms with Crippen LogP contribution in [0.25, 0.3) is 89.2 Å². The molecule has 0 radical (unpaired) electrons. The zero-order valence-corrected chi connectivity index (χ0v) is 36.1. The summed E-state index contributed by atoms with van der Waals surface area (Å²) in [5, 5.41) is 2.25. The molecule has 11 aromatic rings. The van der Waals surface area contributed by atoms with Gasteiger partial charge in [-0.15, -0.1) is 0 Å². The second-order valence-corrected chi connectivity index (χ2v) is 18.0. The van der Waals surface area contributed by atoms with Crippen LogP contribution in [0.5, 0.6) is 0 Å². The third-order valence-corrected chi connectivity index (χ3v) is 14.2. The number of nitrogens with zero attached hydrogens (tertiary/aromatic N) is 2. The lowest BCUT2D eigenvalue weighted by molar-refractivity contribution is 0.660. The first kappa shape index (κ1) is 37.4. The number of furan rings is 1. The number of para-hydroxylation sites is 1. The lowest BCUT2D eigenvalue weighted by Gasteiger charge is -2.34. The van der Waals surface area contributed by atoms with Gasteiger partial charge in [0.15, 0.2) is 5.82 Å². The van der Waals surface area contributed by atoms with Crippen molar-refractivity contribution in [2.45, 2.75) is 24.7 Å². The molecule has 2 aliphatic rings. The molecule has 0 aliphatic heterocycles. The van der Waals surface area contributed by atoms with E-state index in [0.717, 1.165) is 61.1 Å². The first-order valence-corrected chi connectivity index (χ1v) is 22.5. The zero-order chi connectivity index (χ0) is 43.3. The second-order valence-electron chi connectivity index (χ2n) is 18.0. The van der Waals surface area contributed by atoms with Crippen LogP contribution in [0.15, 0.2) is 223 Å². The summed E-state index contributed by atoms with van der Waals surface area (Å²) in [5.41, 5.74) is 20.8. The Morgan fingerprint density at radius 1 is 0.369 bits per heavy atom. The molecule has 0 unspecified atom stereocenters. The zero-order valence-electron chi connectivity index (χ0n) is 36.1. The van der Waals surface area contributed by atoms with E-state index in [4.69, 9.17) is 14.4 Å². The highest BCUT2D eigenvalue weighted by atomic mass is 16.3. The van der Waals surface area contributed by atoms with E-state index < -0.39 is 5.41 Å². The SMILES string of the molecule is CC1(C)c2ccccc2-c2c(-c3nc(-c4ccc(-c5cccc6oc7ccccc7c56)cc4)cc(-c4ccc5c(c4)C(c4ccccc4)(c4ccccc4)c4ccccc4-5)n3)cccc21. The number of hydrogen-bond acceptors (Lipinski definition) is 3. The monoisotopic (exact) mass is 830 g/mol. The molecule has 0 spiro atoms. The van der Waals surface area contributed by atoms with Gasteiger partial charge in [-0.3, -0.25) is 0 Å². The van der Waals surface area contributed by atoms with Gasteiger partial charge in [0.25, 0.3) is 0 Å². The fourth-order valence-corrected chi connectivity index (χ4v) is 11.2. The van der Waals surface area contributed by atoms with E-state index in [1.165, 1.54) is 55.6 Å². The molecule has 2 heterocycles. The molecule has 3 heteroatoms. The van der Waals surface area contributed by atoms with Crippen molar-refractivity contribution in [2.24, 2.45) is 0 Å². The molecule has 0 atom stereocenters. The molecule has 0 bridgehead atoms. The lowest BCUT2D eigenvalue weighted by Crippen LogP contribution is -2.28. The van der Waals surface area contributed by atoms with Crippen LogP contribution >= 0.6 is 0 Å². The van der Waals surface area contributed by atoms with Crippen molar-refractivity contribution in [3.63, 3.8) is 0 Å². The highest BCUT2D eigenvalue weighted by Crippen LogP contribution is 2.57. The normalized spacial score (nSPS) is 13.9. The van der Waals surface area contributed by atoms with Gasteiger partial charge in [-0.1, -0.05) is 208 Å². The van der Waals surface area contributed by atoms with Crippen molar-refractivity contribution < 1.29 is 4.42 Å². The molecule has 2 aromatic heterocycles. The Morgan fingerprint density at radius 2 is 0.908 bits per heavy atom. The van der Waals surface area contributed by atoms with Crippen molar-refractivity contribution in [3.05, 3.63) is 252 Å². The van der Waals surface area contributed by atoms with Crippen LogP contribution in [0, 0.1) is 0 Å². The molecule has 65 heavy (non-hydrogen) atoms. The topological polar surface area (TPSA) is 38.9 Å². The summed E-state index contributed by atoms with van der Waals surface area (Å²) in [6.45, 7) is 4.65. The van der Waals surface area contributed by atoms with Gasteiger partial charge in [0.1, 0.15) is 11.2 Å².